The molecule has 1 fully saturated rings. The molecule has 6 unspecified atom stereocenters. The molecule has 26 heavy (non-hydrogen) atoms. The average molecular weight is 440 g/mol. The van der Waals surface area contributed by atoms with Crippen LogP contribution in [0.15, 0.2) is 33.9 Å². The van der Waals surface area contributed by atoms with Crippen LogP contribution in [0.3, 0.4) is 0 Å². The zero-order valence-corrected chi connectivity index (χ0v) is 15.7. The number of hydrogen-bond donors (Lipinski definition) is 0. The van der Waals surface area contributed by atoms with E-state index in [4.69, 9.17) is 46.4 Å². The standard InChI is InChI=1S/C14H10Cl4N4O4/c15-7-8(16)10(18)12-11(9(7)17)20-13(23)19(14(24)21(12)20)5-1-3-6(4-2-5)22(25)26/h1-4,7-12H. The lowest BCUT2D eigenvalue weighted by Crippen LogP contribution is -2.62. The third-order valence-corrected chi connectivity index (χ3v) is 7.34. The average Bonchev–Trinajstić information content (AvgIpc) is 2.79. The molecule has 1 aromatic carbocycles. The third kappa shape index (κ3) is 2.22. The van der Waals surface area contributed by atoms with Crippen molar-refractivity contribution in [3.05, 3.63) is 55.3 Å². The van der Waals surface area contributed by atoms with Crippen LogP contribution >= 0.6 is 46.4 Å². The van der Waals surface area contributed by atoms with Crippen LogP contribution in [0.1, 0.15) is 12.1 Å². The predicted molar refractivity (Wildman–Crippen MR) is 97.6 cm³/mol. The van der Waals surface area contributed by atoms with Crippen molar-refractivity contribution in [3.63, 3.8) is 0 Å². The van der Waals surface area contributed by atoms with E-state index >= 15 is 0 Å². The van der Waals surface area contributed by atoms with E-state index in [1.807, 2.05) is 0 Å². The molecular weight excluding hydrogens is 430 g/mol. The summed E-state index contributed by atoms with van der Waals surface area (Å²) in [5.41, 5.74) is -1.17. The van der Waals surface area contributed by atoms with Gasteiger partial charge in [-0.25, -0.2) is 23.5 Å². The second-order valence-corrected chi connectivity index (χ2v) is 8.14. The molecule has 0 bridgehead atoms. The zero-order chi connectivity index (χ0) is 18.9. The summed E-state index contributed by atoms with van der Waals surface area (Å²) in [7, 11) is 0. The summed E-state index contributed by atoms with van der Waals surface area (Å²) in [6, 6.07) is 3.97. The van der Waals surface area contributed by atoms with Gasteiger partial charge in [-0.15, -0.1) is 46.4 Å². The Morgan fingerprint density at radius 1 is 0.808 bits per heavy atom. The first kappa shape index (κ1) is 17.9. The van der Waals surface area contributed by atoms with Gasteiger partial charge in [-0.3, -0.25) is 10.1 Å². The number of fused-ring (bicyclic) bond motifs is 4. The SMILES string of the molecule is O=c1n(-c2ccc([N+](=O)[O-])cc2)c(=O)n2n1C1C(Cl)C(Cl)C(Cl)C(Cl)C12. The van der Waals surface area contributed by atoms with Crippen molar-refractivity contribution in [3.8, 4) is 5.69 Å². The second-order valence-electron chi connectivity index (χ2n) is 6.12. The van der Waals surface area contributed by atoms with E-state index in [-0.39, 0.29) is 11.4 Å². The van der Waals surface area contributed by atoms with Gasteiger partial charge in [0.05, 0.1) is 44.2 Å². The Balaban J connectivity index is 1.85. The van der Waals surface area contributed by atoms with Gasteiger partial charge in [0.1, 0.15) is 0 Å². The minimum absolute atomic E-state index is 0.151. The summed E-state index contributed by atoms with van der Waals surface area (Å²) in [6.45, 7) is 0. The molecule has 2 heterocycles. The molecular formula is C14H10Cl4N4O4. The van der Waals surface area contributed by atoms with Crippen LogP contribution in [0, 0.1) is 10.1 Å². The summed E-state index contributed by atoms with van der Waals surface area (Å²) >= 11 is 25.1. The molecule has 1 aliphatic heterocycles. The number of nitro groups is 1. The molecule has 1 aromatic heterocycles. The van der Waals surface area contributed by atoms with Crippen LogP contribution in [-0.2, 0) is 0 Å². The maximum absolute atomic E-state index is 12.8. The van der Waals surface area contributed by atoms with E-state index in [0.717, 1.165) is 4.57 Å². The summed E-state index contributed by atoms with van der Waals surface area (Å²) in [5, 5.41) is 8.08. The van der Waals surface area contributed by atoms with Crippen LogP contribution in [0.5, 0.6) is 0 Å². The van der Waals surface area contributed by atoms with Crippen molar-refractivity contribution in [1.29, 1.82) is 0 Å². The lowest BCUT2D eigenvalue weighted by Gasteiger charge is -2.50. The highest BCUT2D eigenvalue weighted by atomic mass is 35.5. The summed E-state index contributed by atoms with van der Waals surface area (Å²) < 4.78 is 3.36. The first-order chi connectivity index (χ1) is 12.3. The Morgan fingerprint density at radius 3 is 1.62 bits per heavy atom. The number of hydrogen-bond acceptors (Lipinski definition) is 4. The summed E-state index contributed by atoms with van der Waals surface area (Å²) in [6.07, 6.45) is 0. The van der Waals surface area contributed by atoms with Crippen molar-refractivity contribution in [1.82, 2.24) is 13.9 Å². The zero-order valence-electron chi connectivity index (χ0n) is 12.7. The number of benzene rings is 1. The van der Waals surface area contributed by atoms with Gasteiger partial charge in [-0.2, -0.15) is 0 Å². The number of non-ortho nitro benzene ring substituents is 1. The van der Waals surface area contributed by atoms with Crippen LogP contribution in [-0.4, -0.2) is 40.4 Å². The van der Waals surface area contributed by atoms with Crippen molar-refractivity contribution in [2.45, 2.75) is 33.6 Å². The number of rotatable bonds is 2. The smallest absolute Gasteiger partial charge is 0.258 e. The molecule has 0 radical (unpaired) electrons. The molecule has 2 aromatic rings. The lowest BCUT2D eigenvalue weighted by molar-refractivity contribution is -0.384. The highest BCUT2D eigenvalue weighted by Crippen LogP contribution is 2.50. The largest absolute Gasteiger partial charge is 0.352 e. The maximum atomic E-state index is 12.8. The van der Waals surface area contributed by atoms with Gasteiger partial charge >= 0.3 is 11.4 Å². The molecule has 0 N–H and O–H groups in total. The topological polar surface area (TPSA) is 92.1 Å². The molecule has 1 aliphatic carbocycles. The normalized spacial score (nSPS) is 32.5. The van der Waals surface area contributed by atoms with Crippen molar-refractivity contribution >= 4 is 52.1 Å². The van der Waals surface area contributed by atoms with Gasteiger partial charge in [0.15, 0.2) is 0 Å². The number of nitrogens with zero attached hydrogens (tertiary/aromatic N) is 4. The molecule has 12 heteroatoms. The molecule has 1 saturated carbocycles. The van der Waals surface area contributed by atoms with Crippen molar-refractivity contribution in [2.75, 3.05) is 0 Å². The van der Waals surface area contributed by atoms with Crippen LogP contribution < -0.4 is 11.4 Å². The van der Waals surface area contributed by atoms with Gasteiger partial charge in [0, 0.05) is 12.1 Å². The van der Waals surface area contributed by atoms with Crippen LogP contribution in [0.25, 0.3) is 5.69 Å². The lowest BCUT2D eigenvalue weighted by atomic mass is 9.86. The fraction of sp³-hybridized carbons (Fsp3) is 0.429. The summed E-state index contributed by atoms with van der Waals surface area (Å²) in [5.74, 6) is 0. The molecule has 0 spiro atoms. The Hall–Kier alpha value is -1.48. The minimum atomic E-state index is -0.677. The van der Waals surface area contributed by atoms with Gasteiger partial charge in [-0.05, 0) is 12.1 Å². The Bertz CT molecular complexity index is 962. The Morgan fingerprint density at radius 2 is 1.23 bits per heavy atom. The molecule has 4 rings (SSSR count). The molecule has 8 nitrogen and oxygen atoms in total. The summed E-state index contributed by atoms with van der Waals surface area (Å²) in [4.78, 5) is 35.7. The maximum Gasteiger partial charge on any atom is 0.352 e. The van der Waals surface area contributed by atoms with E-state index in [1.54, 1.807) is 0 Å². The molecule has 6 atom stereocenters. The molecule has 0 amide bonds. The van der Waals surface area contributed by atoms with Crippen LogP contribution in [0.4, 0.5) is 5.69 Å². The highest BCUT2D eigenvalue weighted by Gasteiger charge is 2.58. The van der Waals surface area contributed by atoms with E-state index < -0.39 is 49.9 Å². The first-order valence-corrected chi connectivity index (χ1v) is 9.27. The molecule has 0 saturated heterocycles. The number of alkyl halides is 4. The van der Waals surface area contributed by atoms with E-state index in [2.05, 4.69) is 0 Å². The number of nitro benzene ring substituents is 1. The van der Waals surface area contributed by atoms with E-state index in [1.165, 1.54) is 33.6 Å². The van der Waals surface area contributed by atoms with Gasteiger partial charge in [-0.1, -0.05) is 0 Å². The molecule has 2 aliphatic rings. The van der Waals surface area contributed by atoms with E-state index in [9.17, 15) is 19.7 Å². The molecule has 138 valence electrons. The van der Waals surface area contributed by atoms with Crippen LogP contribution in [0.2, 0.25) is 0 Å². The Labute approximate surface area is 165 Å². The van der Waals surface area contributed by atoms with Gasteiger partial charge < -0.3 is 0 Å². The second kappa shape index (κ2) is 6.02. The first-order valence-electron chi connectivity index (χ1n) is 7.53. The fourth-order valence-electron chi connectivity index (χ4n) is 3.55. The quantitative estimate of drug-likeness (QED) is 0.407. The fourth-order valence-corrected chi connectivity index (χ4v) is 5.14. The Kier molecular flexibility index (Phi) is 4.15. The minimum Gasteiger partial charge on any atom is -0.258 e. The van der Waals surface area contributed by atoms with Gasteiger partial charge in [0.2, 0.25) is 0 Å². The number of aromatic nitrogens is 3. The van der Waals surface area contributed by atoms with Crippen molar-refractivity contribution in [2.24, 2.45) is 0 Å². The van der Waals surface area contributed by atoms with Crippen molar-refractivity contribution < 1.29 is 4.92 Å². The highest BCUT2D eigenvalue weighted by molar-refractivity contribution is 6.38. The van der Waals surface area contributed by atoms with E-state index in [0.29, 0.717) is 0 Å². The third-order valence-electron chi connectivity index (χ3n) is 4.81. The predicted octanol–water partition coefficient (Wildman–Crippen LogP) is 2.25. The van der Waals surface area contributed by atoms with Gasteiger partial charge in [0.25, 0.3) is 5.69 Å². The monoisotopic (exact) mass is 438 g/mol. The number of halogens is 4.